The van der Waals surface area contributed by atoms with Crippen molar-refractivity contribution in [3.05, 3.63) is 36.0 Å². The lowest BCUT2D eigenvalue weighted by Crippen LogP contribution is -2.41. The number of benzene rings is 1. The average Bonchev–Trinajstić information content (AvgIpc) is 3.11. The third-order valence-corrected chi connectivity index (χ3v) is 5.47. The largest absolute Gasteiger partial charge is 0.322 e. The molecule has 0 atom stereocenters. The molecule has 2 aromatic rings. The van der Waals surface area contributed by atoms with Crippen LogP contribution in [-0.2, 0) is 15.7 Å². The first-order chi connectivity index (χ1) is 14.3. The number of amides is 3. The van der Waals surface area contributed by atoms with Crippen molar-refractivity contribution in [2.75, 3.05) is 30.0 Å². The first-order valence-corrected chi connectivity index (χ1v) is 11.7. The van der Waals surface area contributed by atoms with Gasteiger partial charge >= 0.3 is 6.03 Å². The Morgan fingerprint density at radius 2 is 1.68 bits per heavy atom. The number of anilines is 2. The molecule has 0 aliphatic rings. The summed E-state index contributed by atoms with van der Waals surface area (Å²) in [5, 5.41) is 10.5. The van der Waals surface area contributed by atoms with E-state index in [9.17, 15) is 9.59 Å². The number of thioether (sulfide) groups is 1. The smallest absolute Gasteiger partial charge is 0.315 e. The number of aromatic nitrogens is 2. The van der Waals surface area contributed by atoms with Crippen molar-refractivity contribution >= 4 is 35.2 Å². The third-order valence-electron chi connectivity index (χ3n) is 4.73. The van der Waals surface area contributed by atoms with Gasteiger partial charge in [0.15, 0.2) is 0 Å². The zero-order chi connectivity index (χ0) is 23.4. The van der Waals surface area contributed by atoms with Gasteiger partial charge in [-0.15, -0.1) is 11.8 Å². The molecule has 7 nitrogen and oxygen atoms in total. The van der Waals surface area contributed by atoms with E-state index in [1.165, 1.54) is 4.90 Å². The Morgan fingerprint density at radius 3 is 2.16 bits per heavy atom. The standard InChI is InChI=1S/C23H35N5O2S/c1-9-27(21(30)24-16-10-12-17(31-8)13-11-16)15-20(29)25-19-14-18(22(2,3)4)26-28(19)23(5,6)7/h10-14H,9,15H2,1-8H3,(H,24,30)(H,25,29). The summed E-state index contributed by atoms with van der Waals surface area (Å²) < 4.78 is 1.83. The van der Waals surface area contributed by atoms with Gasteiger partial charge in [0.1, 0.15) is 12.4 Å². The van der Waals surface area contributed by atoms with Gasteiger partial charge in [-0.1, -0.05) is 20.8 Å². The molecule has 0 aliphatic heterocycles. The van der Waals surface area contributed by atoms with E-state index in [1.54, 1.807) is 11.8 Å². The van der Waals surface area contributed by atoms with Crippen LogP contribution in [0.3, 0.4) is 0 Å². The minimum absolute atomic E-state index is 0.0502. The van der Waals surface area contributed by atoms with E-state index in [0.717, 1.165) is 10.6 Å². The molecule has 2 rings (SSSR count). The highest BCUT2D eigenvalue weighted by Gasteiger charge is 2.26. The number of urea groups is 1. The van der Waals surface area contributed by atoms with Crippen molar-refractivity contribution in [1.29, 1.82) is 0 Å². The van der Waals surface area contributed by atoms with Gasteiger partial charge in [-0.3, -0.25) is 4.79 Å². The Balaban J connectivity index is 2.10. The second kappa shape index (κ2) is 9.77. The molecule has 0 saturated heterocycles. The normalized spacial score (nSPS) is 11.9. The molecule has 1 aromatic carbocycles. The van der Waals surface area contributed by atoms with E-state index in [-0.39, 0.29) is 29.4 Å². The summed E-state index contributed by atoms with van der Waals surface area (Å²) in [5.74, 6) is 0.368. The fourth-order valence-corrected chi connectivity index (χ4v) is 3.32. The maximum atomic E-state index is 12.8. The first kappa shape index (κ1) is 24.8. The monoisotopic (exact) mass is 445 g/mol. The lowest BCUT2D eigenvalue weighted by atomic mass is 9.92. The maximum absolute atomic E-state index is 12.8. The third kappa shape index (κ3) is 6.75. The zero-order valence-corrected chi connectivity index (χ0v) is 20.7. The van der Waals surface area contributed by atoms with Crippen molar-refractivity contribution in [3.63, 3.8) is 0 Å². The van der Waals surface area contributed by atoms with E-state index in [2.05, 4.69) is 31.4 Å². The van der Waals surface area contributed by atoms with Gasteiger partial charge in [-0.2, -0.15) is 5.10 Å². The predicted molar refractivity (Wildman–Crippen MR) is 129 cm³/mol. The van der Waals surface area contributed by atoms with Gasteiger partial charge in [0.2, 0.25) is 5.91 Å². The Hall–Kier alpha value is -2.48. The van der Waals surface area contributed by atoms with Crippen LogP contribution in [0.4, 0.5) is 16.3 Å². The SMILES string of the molecule is CCN(CC(=O)Nc1cc(C(C)(C)C)nn1C(C)(C)C)C(=O)Nc1ccc(SC)cc1. The van der Waals surface area contributed by atoms with E-state index < -0.39 is 0 Å². The van der Waals surface area contributed by atoms with Gasteiger partial charge in [0, 0.05) is 28.6 Å². The zero-order valence-electron chi connectivity index (χ0n) is 19.9. The van der Waals surface area contributed by atoms with Gasteiger partial charge in [0.25, 0.3) is 0 Å². The van der Waals surface area contributed by atoms with Crippen LogP contribution in [0, 0.1) is 0 Å². The Morgan fingerprint density at radius 1 is 1.06 bits per heavy atom. The highest BCUT2D eigenvalue weighted by atomic mass is 32.2. The summed E-state index contributed by atoms with van der Waals surface area (Å²) in [7, 11) is 0. The Bertz CT molecular complexity index is 908. The van der Waals surface area contributed by atoms with Crippen LogP contribution in [0.1, 0.15) is 54.2 Å². The van der Waals surface area contributed by atoms with Crippen molar-refractivity contribution < 1.29 is 9.59 Å². The molecule has 2 N–H and O–H groups in total. The number of nitrogens with one attached hydrogen (secondary N) is 2. The van der Waals surface area contributed by atoms with Gasteiger partial charge in [0.05, 0.1) is 11.2 Å². The van der Waals surface area contributed by atoms with E-state index in [0.29, 0.717) is 18.1 Å². The molecule has 170 valence electrons. The molecule has 0 bridgehead atoms. The van der Waals surface area contributed by atoms with E-state index in [4.69, 9.17) is 5.10 Å². The van der Waals surface area contributed by atoms with Crippen molar-refractivity contribution in [1.82, 2.24) is 14.7 Å². The second-order valence-corrected chi connectivity index (χ2v) is 10.3. The fourth-order valence-electron chi connectivity index (χ4n) is 2.91. The molecule has 1 heterocycles. The van der Waals surface area contributed by atoms with Crippen LogP contribution in [0.5, 0.6) is 0 Å². The molecule has 0 fully saturated rings. The number of carbonyl (C=O) groups excluding carboxylic acids is 2. The molecular weight excluding hydrogens is 410 g/mol. The lowest BCUT2D eigenvalue weighted by molar-refractivity contribution is -0.116. The molecule has 0 saturated carbocycles. The Kier molecular flexibility index (Phi) is 7.81. The van der Waals surface area contributed by atoms with Crippen molar-refractivity contribution in [2.45, 2.75) is 64.3 Å². The number of hydrogen-bond donors (Lipinski definition) is 2. The van der Waals surface area contributed by atoms with E-state index in [1.807, 2.05) is 69.0 Å². The number of likely N-dealkylation sites (N-methyl/N-ethyl adjacent to an activating group) is 1. The van der Waals surface area contributed by atoms with Crippen LogP contribution in [0.25, 0.3) is 0 Å². The molecule has 1 aromatic heterocycles. The molecular formula is C23H35N5O2S. The van der Waals surface area contributed by atoms with Crippen LogP contribution in [-0.4, -0.2) is 46.0 Å². The molecule has 31 heavy (non-hydrogen) atoms. The number of hydrogen-bond acceptors (Lipinski definition) is 4. The van der Waals surface area contributed by atoms with Gasteiger partial charge < -0.3 is 15.5 Å². The molecule has 3 amide bonds. The average molecular weight is 446 g/mol. The number of carbonyl (C=O) groups is 2. The molecule has 0 radical (unpaired) electrons. The lowest BCUT2D eigenvalue weighted by Gasteiger charge is -2.24. The number of nitrogens with zero attached hydrogens (tertiary/aromatic N) is 3. The Labute approximate surface area is 190 Å². The van der Waals surface area contributed by atoms with Crippen LogP contribution < -0.4 is 10.6 Å². The topological polar surface area (TPSA) is 79.3 Å². The van der Waals surface area contributed by atoms with Crippen LogP contribution >= 0.6 is 11.8 Å². The van der Waals surface area contributed by atoms with Crippen molar-refractivity contribution in [2.24, 2.45) is 0 Å². The molecule has 0 unspecified atom stereocenters. The second-order valence-electron chi connectivity index (χ2n) is 9.47. The predicted octanol–water partition coefficient (Wildman–Crippen LogP) is 5.15. The van der Waals surface area contributed by atoms with Crippen LogP contribution in [0.15, 0.2) is 35.2 Å². The number of rotatable bonds is 6. The minimum Gasteiger partial charge on any atom is -0.315 e. The summed E-state index contributed by atoms with van der Waals surface area (Å²) in [5.41, 5.74) is 1.16. The summed E-state index contributed by atoms with van der Waals surface area (Å²) in [4.78, 5) is 28.0. The van der Waals surface area contributed by atoms with Gasteiger partial charge in [-0.25, -0.2) is 9.48 Å². The summed E-state index contributed by atoms with van der Waals surface area (Å²) in [6, 6.07) is 9.20. The highest BCUT2D eigenvalue weighted by Crippen LogP contribution is 2.28. The minimum atomic E-state index is -0.311. The summed E-state index contributed by atoms with van der Waals surface area (Å²) in [6.07, 6.45) is 2.00. The summed E-state index contributed by atoms with van der Waals surface area (Å²) >= 11 is 1.64. The van der Waals surface area contributed by atoms with Crippen LogP contribution in [0.2, 0.25) is 0 Å². The summed E-state index contributed by atoms with van der Waals surface area (Å²) in [6.45, 7) is 14.6. The molecule has 0 aliphatic carbocycles. The quantitative estimate of drug-likeness (QED) is 0.603. The van der Waals surface area contributed by atoms with Gasteiger partial charge in [-0.05, 0) is 58.2 Å². The highest BCUT2D eigenvalue weighted by molar-refractivity contribution is 7.98. The molecule has 0 spiro atoms. The maximum Gasteiger partial charge on any atom is 0.322 e. The van der Waals surface area contributed by atoms with E-state index >= 15 is 0 Å². The first-order valence-electron chi connectivity index (χ1n) is 10.5. The fraction of sp³-hybridized carbons (Fsp3) is 0.522. The van der Waals surface area contributed by atoms with Crippen molar-refractivity contribution in [3.8, 4) is 0 Å². The molecule has 8 heteroatoms.